The molecule has 0 aliphatic carbocycles. The quantitative estimate of drug-likeness (QED) is 0.568. The lowest BCUT2D eigenvalue weighted by molar-refractivity contribution is 0.0572. The van der Waals surface area contributed by atoms with E-state index in [1.54, 1.807) is 0 Å². The van der Waals surface area contributed by atoms with Crippen molar-refractivity contribution in [1.29, 1.82) is 0 Å². The fourth-order valence-electron chi connectivity index (χ4n) is 1.08. The average Bonchev–Trinajstić information content (AvgIpc) is 2.06. The molecule has 0 spiro atoms. The minimum Gasteiger partial charge on any atom is -0.379 e. The second-order valence-electron chi connectivity index (χ2n) is 3.28. The molecule has 0 aromatic heterocycles. The van der Waals surface area contributed by atoms with Gasteiger partial charge in [0.2, 0.25) is 0 Å². The lowest BCUT2D eigenvalue weighted by atomic mass is 10.2. The third kappa shape index (κ3) is 8.02. The van der Waals surface area contributed by atoms with Crippen LogP contribution in [-0.2, 0) is 4.74 Å². The first-order valence-corrected chi connectivity index (χ1v) is 5.07. The highest BCUT2D eigenvalue weighted by molar-refractivity contribution is 4.52. The summed E-state index contributed by atoms with van der Waals surface area (Å²) >= 11 is 0. The van der Waals surface area contributed by atoms with Gasteiger partial charge in [-0.25, -0.2) is 0 Å². The summed E-state index contributed by atoms with van der Waals surface area (Å²) < 4.78 is 5.60. The molecule has 0 rings (SSSR count). The van der Waals surface area contributed by atoms with E-state index < -0.39 is 0 Å². The number of hydrogen-bond donors (Lipinski definition) is 1. The smallest absolute Gasteiger partial charge is 0.0547 e. The fraction of sp³-hybridized carbons (Fsp3) is 1.00. The Morgan fingerprint density at radius 3 is 2.67 bits per heavy atom. The molecule has 2 nitrogen and oxygen atoms in total. The molecule has 0 aromatic carbocycles. The van der Waals surface area contributed by atoms with Crippen LogP contribution in [0.5, 0.6) is 0 Å². The minimum atomic E-state index is 0.435. The molecule has 0 fully saturated rings. The lowest BCUT2D eigenvalue weighted by Gasteiger charge is -2.11. The third-order valence-electron chi connectivity index (χ3n) is 1.94. The Hall–Kier alpha value is -0.0800. The van der Waals surface area contributed by atoms with Crippen molar-refractivity contribution in [2.45, 2.75) is 45.6 Å². The van der Waals surface area contributed by atoms with E-state index >= 15 is 0 Å². The molecule has 1 atom stereocenters. The summed E-state index contributed by atoms with van der Waals surface area (Å²) in [6.07, 6.45) is 5.23. The van der Waals surface area contributed by atoms with Gasteiger partial charge in [0.15, 0.2) is 0 Å². The van der Waals surface area contributed by atoms with E-state index in [1.807, 2.05) is 7.05 Å². The maximum absolute atomic E-state index is 5.60. The second-order valence-corrected chi connectivity index (χ2v) is 3.28. The molecule has 0 saturated carbocycles. The molecule has 0 aliphatic rings. The maximum atomic E-state index is 5.60. The predicted molar refractivity (Wildman–Crippen MR) is 53.5 cm³/mol. The Morgan fingerprint density at radius 1 is 1.33 bits per heavy atom. The number of rotatable bonds is 8. The van der Waals surface area contributed by atoms with E-state index in [-0.39, 0.29) is 0 Å². The molecular formula is C10H23NO. The van der Waals surface area contributed by atoms with Crippen molar-refractivity contribution in [1.82, 2.24) is 5.32 Å². The summed E-state index contributed by atoms with van der Waals surface area (Å²) in [5.74, 6) is 0. The third-order valence-corrected chi connectivity index (χ3v) is 1.94. The van der Waals surface area contributed by atoms with Gasteiger partial charge in [0.1, 0.15) is 0 Å². The Labute approximate surface area is 76.7 Å². The molecular weight excluding hydrogens is 150 g/mol. The van der Waals surface area contributed by atoms with Gasteiger partial charge in [-0.15, -0.1) is 0 Å². The molecule has 0 amide bonds. The molecule has 0 aliphatic heterocycles. The normalized spacial score (nSPS) is 13.2. The monoisotopic (exact) mass is 173 g/mol. The minimum absolute atomic E-state index is 0.435. The van der Waals surface area contributed by atoms with Crippen LogP contribution in [0.25, 0.3) is 0 Å². The summed E-state index contributed by atoms with van der Waals surface area (Å²) in [5, 5.41) is 3.13. The van der Waals surface area contributed by atoms with E-state index in [1.165, 1.54) is 25.7 Å². The Kier molecular flexibility index (Phi) is 8.95. The zero-order valence-electron chi connectivity index (χ0n) is 8.73. The highest BCUT2D eigenvalue weighted by Crippen LogP contribution is 2.01. The Bertz CT molecular complexity index is 75.9. The molecule has 74 valence electrons. The molecule has 0 bridgehead atoms. The topological polar surface area (TPSA) is 21.3 Å². The van der Waals surface area contributed by atoms with E-state index in [0.717, 1.165) is 13.2 Å². The van der Waals surface area contributed by atoms with Gasteiger partial charge in [0.25, 0.3) is 0 Å². The van der Waals surface area contributed by atoms with Gasteiger partial charge in [-0.05, 0) is 39.8 Å². The van der Waals surface area contributed by atoms with Crippen molar-refractivity contribution in [3.8, 4) is 0 Å². The molecule has 0 aromatic rings. The highest BCUT2D eigenvalue weighted by Gasteiger charge is 1.99. The van der Waals surface area contributed by atoms with Crippen LogP contribution in [0.1, 0.15) is 39.5 Å². The van der Waals surface area contributed by atoms with Crippen molar-refractivity contribution in [3.05, 3.63) is 0 Å². The zero-order chi connectivity index (χ0) is 9.23. The van der Waals surface area contributed by atoms with Crippen LogP contribution in [0.4, 0.5) is 0 Å². The largest absolute Gasteiger partial charge is 0.379 e. The van der Waals surface area contributed by atoms with Gasteiger partial charge in [-0.3, -0.25) is 0 Å². The second kappa shape index (κ2) is 9.01. The number of hydrogen-bond acceptors (Lipinski definition) is 2. The molecule has 0 radical (unpaired) electrons. The first-order valence-electron chi connectivity index (χ1n) is 5.07. The van der Waals surface area contributed by atoms with Crippen LogP contribution >= 0.6 is 0 Å². The predicted octanol–water partition coefficient (Wildman–Crippen LogP) is 2.19. The number of nitrogens with one attached hydrogen (secondary N) is 1. The van der Waals surface area contributed by atoms with Gasteiger partial charge >= 0.3 is 0 Å². The fourth-order valence-corrected chi connectivity index (χ4v) is 1.08. The molecule has 1 unspecified atom stereocenters. The first-order chi connectivity index (χ1) is 5.81. The SMILES string of the molecule is CCCCOC(C)CCCNC. The molecule has 12 heavy (non-hydrogen) atoms. The van der Waals surface area contributed by atoms with E-state index in [2.05, 4.69) is 19.2 Å². The molecule has 0 saturated heterocycles. The average molecular weight is 173 g/mol. The number of unbranched alkanes of at least 4 members (excludes halogenated alkanes) is 1. The molecule has 2 heteroatoms. The lowest BCUT2D eigenvalue weighted by Crippen LogP contribution is -2.13. The van der Waals surface area contributed by atoms with E-state index in [9.17, 15) is 0 Å². The van der Waals surface area contributed by atoms with Crippen LogP contribution in [-0.4, -0.2) is 26.3 Å². The van der Waals surface area contributed by atoms with Gasteiger partial charge in [0, 0.05) is 6.61 Å². The van der Waals surface area contributed by atoms with Gasteiger partial charge < -0.3 is 10.1 Å². The summed E-state index contributed by atoms with van der Waals surface area (Å²) in [6.45, 7) is 6.37. The zero-order valence-corrected chi connectivity index (χ0v) is 8.73. The maximum Gasteiger partial charge on any atom is 0.0547 e. The first kappa shape index (κ1) is 11.9. The Morgan fingerprint density at radius 2 is 2.08 bits per heavy atom. The van der Waals surface area contributed by atoms with Crippen LogP contribution in [0, 0.1) is 0 Å². The van der Waals surface area contributed by atoms with Crippen molar-refractivity contribution in [2.75, 3.05) is 20.2 Å². The number of ether oxygens (including phenoxy) is 1. The van der Waals surface area contributed by atoms with Crippen LogP contribution in [0.3, 0.4) is 0 Å². The Balaban J connectivity index is 3.04. The van der Waals surface area contributed by atoms with Gasteiger partial charge in [-0.1, -0.05) is 13.3 Å². The van der Waals surface area contributed by atoms with E-state index in [4.69, 9.17) is 4.74 Å². The van der Waals surface area contributed by atoms with Crippen LogP contribution in [0.2, 0.25) is 0 Å². The van der Waals surface area contributed by atoms with Crippen molar-refractivity contribution < 1.29 is 4.74 Å². The summed E-state index contributed by atoms with van der Waals surface area (Å²) in [5.41, 5.74) is 0. The summed E-state index contributed by atoms with van der Waals surface area (Å²) in [4.78, 5) is 0. The molecule has 1 N–H and O–H groups in total. The summed E-state index contributed by atoms with van der Waals surface area (Å²) in [7, 11) is 1.99. The van der Waals surface area contributed by atoms with Gasteiger partial charge in [-0.2, -0.15) is 0 Å². The van der Waals surface area contributed by atoms with Gasteiger partial charge in [0.05, 0.1) is 6.10 Å². The van der Waals surface area contributed by atoms with Crippen molar-refractivity contribution in [2.24, 2.45) is 0 Å². The van der Waals surface area contributed by atoms with E-state index in [0.29, 0.717) is 6.10 Å². The summed E-state index contributed by atoms with van der Waals surface area (Å²) in [6, 6.07) is 0. The van der Waals surface area contributed by atoms with Crippen LogP contribution in [0.15, 0.2) is 0 Å². The molecule has 0 heterocycles. The highest BCUT2D eigenvalue weighted by atomic mass is 16.5. The van der Waals surface area contributed by atoms with Crippen molar-refractivity contribution >= 4 is 0 Å². The van der Waals surface area contributed by atoms with Crippen molar-refractivity contribution in [3.63, 3.8) is 0 Å². The van der Waals surface area contributed by atoms with Crippen LogP contribution < -0.4 is 5.32 Å². The standard InChI is InChI=1S/C10H23NO/c1-4-5-9-12-10(2)7-6-8-11-3/h10-11H,4-9H2,1-3H3.